The van der Waals surface area contributed by atoms with Crippen LogP contribution in [0.25, 0.3) is 16.6 Å². The van der Waals surface area contributed by atoms with Gasteiger partial charge in [0, 0.05) is 5.39 Å². The van der Waals surface area contributed by atoms with Crippen LogP contribution in [0, 0.1) is 0 Å². The van der Waals surface area contributed by atoms with Crippen LogP contribution in [0.2, 0.25) is 0 Å². The Morgan fingerprint density at radius 2 is 1.76 bits per heavy atom. The predicted octanol–water partition coefficient (Wildman–Crippen LogP) is 4.56. The van der Waals surface area contributed by atoms with E-state index in [1.165, 1.54) is 37.6 Å². The second-order valence-corrected chi connectivity index (χ2v) is 7.48. The highest BCUT2D eigenvalue weighted by Crippen LogP contribution is 2.41. The summed E-state index contributed by atoms with van der Waals surface area (Å²) < 4.78 is 54.1. The minimum absolute atomic E-state index is 0.0796. The fourth-order valence-corrected chi connectivity index (χ4v) is 3.50. The first-order valence-electron chi connectivity index (χ1n) is 10.0. The summed E-state index contributed by atoms with van der Waals surface area (Å²) in [5.74, 6) is -1.46. The average Bonchev–Trinajstić information content (AvgIpc) is 3.25. The monoisotopic (exact) mass is 472 g/mol. The first kappa shape index (κ1) is 23.1. The molecule has 0 radical (unpaired) electrons. The molecule has 4 aromatic rings. The Kier molecular flexibility index (Phi) is 5.92. The van der Waals surface area contributed by atoms with Gasteiger partial charge in [-0.2, -0.15) is 18.3 Å². The number of aromatic carboxylic acids is 1. The molecule has 0 aliphatic carbocycles. The van der Waals surface area contributed by atoms with Gasteiger partial charge in [-0.15, -0.1) is 0 Å². The Balaban J connectivity index is 1.69. The third kappa shape index (κ3) is 4.15. The maximum absolute atomic E-state index is 14.1. The number of hydrogen-bond donors (Lipinski definition) is 2. The molecule has 1 unspecified atom stereocenters. The van der Waals surface area contributed by atoms with Gasteiger partial charge in [0.05, 0.1) is 30.1 Å². The van der Waals surface area contributed by atoms with E-state index in [4.69, 9.17) is 14.6 Å². The summed E-state index contributed by atoms with van der Waals surface area (Å²) in [6.45, 7) is -1.18. The van der Waals surface area contributed by atoms with Gasteiger partial charge in [-0.3, -0.25) is 0 Å². The Morgan fingerprint density at radius 1 is 1.03 bits per heavy atom. The Labute approximate surface area is 191 Å². The second kappa shape index (κ2) is 8.71. The van der Waals surface area contributed by atoms with Crippen molar-refractivity contribution in [1.82, 2.24) is 9.78 Å². The predicted molar refractivity (Wildman–Crippen MR) is 116 cm³/mol. The van der Waals surface area contributed by atoms with Crippen molar-refractivity contribution in [2.75, 3.05) is 13.7 Å². The molecule has 1 atom stereocenters. The van der Waals surface area contributed by atoms with E-state index in [0.717, 1.165) is 17.8 Å². The molecule has 4 rings (SSSR count). The van der Waals surface area contributed by atoms with E-state index in [9.17, 15) is 23.1 Å². The van der Waals surface area contributed by atoms with Crippen molar-refractivity contribution < 1.29 is 37.7 Å². The van der Waals surface area contributed by atoms with E-state index in [1.54, 1.807) is 4.68 Å². The SMILES string of the molecule is COc1cc(C(=O)O)ccc1OCC(O)(c1ccc2c(cnn2-c2ccccc2)c1)C(F)(F)F. The number of benzene rings is 3. The van der Waals surface area contributed by atoms with Crippen molar-refractivity contribution in [1.29, 1.82) is 0 Å². The molecule has 1 aromatic heterocycles. The fourth-order valence-electron chi connectivity index (χ4n) is 3.50. The largest absolute Gasteiger partial charge is 0.493 e. The van der Waals surface area contributed by atoms with Gasteiger partial charge in [0.1, 0.15) is 6.61 Å². The Morgan fingerprint density at radius 3 is 2.41 bits per heavy atom. The third-order valence-corrected chi connectivity index (χ3v) is 5.36. The summed E-state index contributed by atoms with van der Waals surface area (Å²) in [7, 11) is 1.22. The number of carboxylic acids is 1. The fraction of sp³-hybridized carbons (Fsp3) is 0.167. The minimum Gasteiger partial charge on any atom is -0.493 e. The van der Waals surface area contributed by atoms with Gasteiger partial charge in [0.2, 0.25) is 5.60 Å². The second-order valence-electron chi connectivity index (χ2n) is 7.48. The first-order valence-corrected chi connectivity index (χ1v) is 10.0. The number of methoxy groups -OCH3 is 1. The lowest BCUT2D eigenvalue weighted by Crippen LogP contribution is -2.47. The number of aliphatic hydroxyl groups is 1. The number of halogens is 3. The van der Waals surface area contributed by atoms with Gasteiger partial charge >= 0.3 is 12.1 Å². The van der Waals surface area contributed by atoms with Crippen molar-refractivity contribution in [3.8, 4) is 17.2 Å². The van der Waals surface area contributed by atoms with E-state index in [-0.39, 0.29) is 17.1 Å². The lowest BCUT2D eigenvalue weighted by atomic mass is 9.93. The van der Waals surface area contributed by atoms with Crippen molar-refractivity contribution in [2.45, 2.75) is 11.8 Å². The maximum Gasteiger partial charge on any atom is 0.424 e. The molecule has 0 saturated carbocycles. The van der Waals surface area contributed by atoms with E-state index >= 15 is 0 Å². The van der Waals surface area contributed by atoms with Crippen LogP contribution in [-0.4, -0.2) is 45.9 Å². The van der Waals surface area contributed by atoms with Gasteiger partial charge in [-0.1, -0.05) is 24.3 Å². The van der Waals surface area contributed by atoms with Crippen molar-refractivity contribution in [3.63, 3.8) is 0 Å². The molecule has 176 valence electrons. The van der Waals surface area contributed by atoms with Gasteiger partial charge in [-0.05, 0) is 48.0 Å². The zero-order valence-electron chi connectivity index (χ0n) is 17.8. The molecular formula is C24H19F3N2O5. The van der Waals surface area contributed by atoms with Gasteiger partial charge < -0.3 is 19.7 Å². The number of ether oxygens (including phenoxy) is 2. The van der Waals surface area contributed by atoms with Crippen LogP contribution in [0.4, 0.5) is 13.2 Å². The first-order chi connectivity index (χ1) is 16.1. The molecule has 0 spiro atoms. The standard InChI is InChI=1S/C24H19F3N2O5/c1-33-21-12-15(22(30)31)7-10-20(21)34-14-23(32,24(25,26)27)17-8-9-19-16(11-17)13-28-29(19)18-5-3-2-4-6-18/h2-13,32H,14H2,1H3,(H,30,31). The van der Waals surface area contributed by atoms with Gasteiger partial charge in [0.25, 0.3) is 0 Å². The van der Waals surface area contributed by atoms with Gasteiger partial charge in [-0.25, -0.2) is 9.48 Å². The number of carbonyl (C=O) groups is 1. The number of fused-ring (bicyclic) bond motifs is 1. The number of aromatic nitrogens is 2. The normalized spacial score (nSPS) is 13.4. The maximum atomic E-state index is 14.1. The lowest BCUT2D eigenvalue weighted by Gasteiger charge is -2.31. The summed E-state index contributed by atoms with van der Waals surface area (Å²) in [6.07, 6.45) is -3.67. The third-order valence-electron chi connectivity index (χ3n) is 5.36. The molecule has 0 aliphatic rings. The highest BCUT2D eigenvalue weighted by atomic mass is 19.4. The van der Waals surface area contributed by atoms with Crippen LogP contribution in [0.3, 0.4) is 0 Å². The number of para-hydroxylation sites is 1. The molecule has 0 bridgehead atoms. The Bertz CT molecular complexity index is 1340. The molecule has 3 aromatic carbocycles. The summed E-state index contributed by atoms with van der Waals surface area (Å²) in [5.41, 5.74) is -2.62. The molecule has 0 saturated heterocycles. The minimum atomic E-state index is -5.08. The molecule has 34 heavy (non-hydrogen) atoms. The lowest BCUT2D eigenvalue weighted by molar-refractivity contribution is -0.275. The Hall–Kier alpha value is -4.05. The molecule has 2 N–H and O–H groups in total. The van der Waals surface area contributed by atoms with Crippen molar-refractivity contribution >= 4 is 16.9 Å². The molecular weight excluding hydrogens is 453 g/mol. The van der Waals surface area contributed by atoms with Crippen molar-refractivity contribution in [2.24, 2.45) is 0 Å². The molecule has 0 fully saturated rings. The van der Waals surface area contributed by atoms with Crippen LogP contribution >= 0.6 is 0 Å². The van der Waals surface area contributed by atoms with Crippen LogP contribution in [0.1, 0.15) is 15.9 Å². The number of carboxylic acid groups (broad SMARTS) is 1. The van der Waals surface area contributed by atoms with E-state index in [2.05, 4.69) is 5.10 Å². The molecule has 7 nitrogen and oxygen atoms in total. The summed E-state index contributed by atoms with van der Waals surface area (Å²) in [5, 5.41) is 24.5. The van der Waals surface area contributed by atoms with E-state index < -0.39 is 29.9 Å². The average molecular weight is 472 g/mol. The molecule has 0 amide bonds. The number of rotatable bonds is 7. The van der Waals surface area contributed by atoms with Crippen LogP contribution in [0.15, 0.2) is 72.9 Å². The number of nitrogens with zero attached hydrogens (tertiary/aromatic N) is 2. The smallest absolute Gasteiger partial charge is 0.424 e. The van der Waals surface area contributed by atoms with Gasteiger partial charge in [0.15, 0.2) is 11.5 Å². The van der Waals surface area contributed by atoms with Crippen molar-refractivity contribution in [3.05, 3.63) is 84.1 Å². The van der Waals surface area contributed by atoms with Crippen LogP contribution in [-0.2, 0) is 5.60 Å². The number of hydrogen-bond acceptors (Lipinski definition) is 5. The summed E-state index contributed by atoms with van der Waals surface area (Å²) in [4.78, 5) is 11.1. The zero-order chi connectivity index (χ0) is 24.5. The highest BCUT2D eigenvalue weighted by Gasteiger charge is 2.56. The quantitative estimate of drug-likeness (QED) is 0.410. The van der Waals surface area contributed by atoms with E-state index in [0.29, 0.717) is 10.9 Å². The number of alkyl halides is 3. The summed E-state index contributed by atoms with van der Waals surface area (Å²) >= 11 is 0. The van der Waals surface area contributed by atoms with Crippen LogP contribution in [0.5, 0.6) is 11.5 Å². The highest BCUT2D eigenvalue weighted by molar-refractivity contribution is 5.88. The van der Waals surface area contributed by atoms with Crippen LogP contribution < -0.4 is 9.47 Å². The molecule has 0 aliphatic heterocycles. The topological polar surface area (TPSA) is 93.8 Å². The molecule has 10 heteroatoms. The summed E-state index contributed by atoms with van der Waals surface area (Å²) in [6, 6.07) is 16.4. The zero-order valence-corrected chi connectivity index (χ0v) is 17.8. The molecule has 1 heterocycles. The van der Waals surface area contributed by atoms with E-state index in [1.807, 2.05) is 30.3 Å².